The van der Waals surface area contributed by atoms with E-state index in [0.29, 0.717) is 30.6 Å². The van der Waals surface area contributed by atoms with Crippen LogP contribution in [0.15, 0.2) is 36.4 Å². The van der Waals surface area contributed by atoms with E-state index in [4.69, 9.17) is 32.7 Å². The van der Waals surface area contributed by atoms with Crippen molar-refractivity contribution in [2.45, 2.75) is 84.0 Å². The third-order valence-corrected chi connectivity index (χ3v) is 7.88. The van der Waals surface area contributed by atoms with E-state index in [-0.39, 0.29) is 25.1 Å². The molecule has 1 aliphatic rings. The Hall–Kier alpha value is -1.63. The van der Waals surface area contributed by atoms with Crippen LogP contribution >= 0.6 is 23.2 Å². The minimum atomic E-state index is -0.590. The summed E-state index contributed by atoms with van der Waals surface area (Å²) in [5.41, 5.74) is 4.37. The summed E-state index contributed by atoms with van der Waals surface area (Å²) in [6.07, 6.45) is 4.85. The van der Waals surface area contributed by atoms with Gasteiger partial charge in [0, 0.05) is 29.1 Å². The van der Waals surface area contributed by atoms with Gasteiger partial charge in [-0.05, 0) is 86.4 Å². The lowest BCUT2D eigenvalue weighted by Crippen LogP contribution is -2.39. The predicted octanol–water partition coefficient (Wildman–Crippen LogP) is 6.59. The van der Waals surface area contributed by atoms with Crippen molar-refractivity contribution in [2.24, 2.45) is 0 Å². The van der Waals surface area contributed by atoms with E-state index >= 15 is 0 Å². The molecule has 1 heterocycles. The normalized spacial score (nSPS) is 17.6. The lowest BCUT2D eigenvalue weighted by atomic mass is 9.97. The largest absolute Gasteiger partial charge is 0.466 e. The van der Waals surface area contributed by atoms with E-state index in [1.807, 2.05) is 24.3 Å². The SMILES string of the molecule is CCOC(=O)CCc1c(Cl)cccc1[C@@H](CC)OC[C@H](O)CN1CCC[C@H]1Cc1ccc(Cl)c(CC)c1. The zero-order valence-electron chi connectivity index (χ0n) is 22.3. The van der Waals surface area contributed by atoms with Crippen molar-refractivity contribution in [1.29, 1.82) is 0 Å². The number of hydrogen-bond donors (Lipinski definition) is 1. The molecule has 5 nitrogen and oxygen atoms in total. The van der Waals surface area contributed by atoms with E-state index in [1.54, 1.807) is 6.92 Å². The number of esters is 1. The van der Waals surface area contributed by atoms with Gasteiger partial charge in [0.2, 0.25) is 0 Å². The second-order valence-electron chi connectivity index (χ2n) is 9.77. The number of ether oxygens (including phenoxy) is 2. The fourth-order valence-electron chi connectivity index (χ4n) is 5.24. The smallest absolute Gasteiger partial charge is 0.306 e. The van der Waals surface area contributed by atoms with Gasteiger partial charge in [0.25, 0.3) is 0 Å². The van der Waals surface area contributed by atoms with Crippen molar-refractivity contribution in [3.8, 4) is 0 Å². The fourth-order valence-corrected chi connectivity index (χ4v) is 5.77. The molecule has 0 radical (unpaired) electrons. The average molecular weight is 551 g/mol. The van der Waals surface area contributed by atoms with E-state index in [2.05, 4.69) is 30.9 Å². The Bertz CT molecular complexity index is 1020. The quantitative estimate of drug-likeness (QED) is 0.269. The number of β-amino-alcohol motifs (C(OH)–C–C–N with tert-alkyl or cyclic N) is 1. The van der Waals surface area contributed by atoms with Crippen LogP contribution in [0.3, 0.4) is 0 Å². The number of benzene rings is 2. The molecule has 0 aromatic heterocycles. The fraction of sp³-hybridized carbons (Fsp3) is 0.567. The summed E-state index contributed by atoms with van der Waals surface area (Å²) in [7, 11) is 0. The number of hydrogen-bond acceptors (Lipinski definition) is 5. The number of likely N-dealkylation sites (tertiary alicyclic amines) is 1. The molecule has 0 unspecified atom stereocenters. The van der Waals surface area contributed by atoms with Gasteiger partial charge in [0.15, 0.2) is 0 Å². The minimum Gasteiger partial charge on any atom is -0.466 e. The highest BCUT2D eigenvalue weighted by Crippen LogP contribution is 2.31. The molecule has 0 saturated carbocycles. The van der Waals surface area contributed by atoms with Crippen LogP contribution in [0, 0.1) is 0 Å². The molecule has 1 fully saturated rings. The molecule has 1 aliphatic heterocycles. The van der Waals surface area contributed by atoms with Crippen molar-refractivity contribution in [3.63, 3.8) is 0 Å². The molecule has 0 aliphatic carbocycles. The highest BCUT2D eigenvalue weighted by molar-refractivity contribution is 6.31. The van der Waals surface area contributed by atoms with Crippen LogP contribution < -0.4 is 0 Å². The van der Waals surface area contributed by atoms with Gasteiger partial charge in [-0.3, -0.25) is 9.69 Å². The second kappa shape index (κ2) is 15.1. The molecule has 37 heavy (non-hydrogen) atoms. The number of aliphatic hydroxyl groups is 1. The molecular weight excluding hydrogens is 509 g/mol. The molecule has 0 spiro atoms. The molecule has 0 amide bonds. The Balaban J connectivity index is 1.58. The average Bonchev–Trinajstić information content (AvgIpc) is 3.31. The molecule has 3 atom stereocenters. The van der Waals surface area contributed by atoms with Gasteiger partial charge in [-0.25, -0.2) is 0 Å². The van der Waals surface area contributed by atoms with Crippen LogP contribution in [0.5, 0.6) is 0 Å². The first-order valence-corrected chi connectivity index (χ1v) is 14.4. The Morgan fingerprint density at radius 2 is 1.97 bits per heavy atom. The number of halogens is 2. The Labute approximate surface area is 232 Å². The highest BCUT2D eigenvalue weighted by Gasteiger charge is 2.27. The number of carbonyl (C=O) groups excluding carboxylic acids is 1. The molecule has 2 aromatic rings. The monoisotopic (exact) mass is 549 g/mol. The van der Waals surface area contributed by atoms with Crippen molar-refractivity contribution in [1.82, 2.24) is 4.90 Å². The van der Waals surface area contributed by atoms with Crippen LogP contribution in [0.1, 0.15) is 74.8 Å². The molecule has 0 bridgehead atoms. The summed E-state index contributed by atoms with van der Waals surface area (Å²) >= 11 is 12.8. The van der Waals surface area contributed by atoms with Gasteiger partial charge in [-0.1, -0.05) is 61.3 Å². The van der Waals surface area contributed by atoms with Crippen LogP contribution in [0.25, 0.3) is 0 Å². The summed E-state index contributed by atoms with van der Waals surface area (Å²) < 4.78 is 11.3. The Morgan fingerprint density at radius 3 is 2.70 bits per heavy atom. The molecule has 204 valence electrons. The van der Waals surface area contributed by atoms with Crippen LogP contribution in [0.4, 0.5) is 0 Å². The van der Waals surface area contributed by atoms with Crippen molar-refractivity contribution in [2.75, 3.05) is 26.3 Å². The Morgan fingerprint density at radius 1 is 1.16 bits per heavy atom. The van der Waals surface area contributed by atoms with Crippen molar-refractivity contribution < 1.29 is 19.4 Å². The zero-order chi connectivity index (χ0) is 26.8. The van der Waals surface area contributed by atoms with Crippen LogP contribution in [-0.4, -0.2) is 54.4 Å². The second-order valence-corrected chi connectivity index (χ2v) is 10.6. The minimum absolute atomic E-state index is 0.207. The Kier molecular flexibility index (Phi) is 12.2. The lowest BCUT2D eigenvalue weighted by Gasteiger charge is -2.28. The summed E-state index contributed by atoms with van der Waals surface area (Å²) in [5, 5.41) is 12.3. The van der Waals surface area contributed by atoms with Crippen LogP contribution in [-0.2, 0) is 33.5 Å². The number of aliphatic hydroxyl groups excluding tert-OH is 1. The van der Waals surface area contributed by atoms with Crippen LogP contribution in [0.2, 0.25) is 10.0 Å². The van der Waals surface area contributed by atoms with E-state index in [0.717, 1.165) is 54.8 Å². The first kappa shape index (κ1) is 29.9. The molecule has 2 aromatic carbocycles. The van der Waals surface area contributed by atoms with E-state index in [9.17, 15) is 9.90 Å². The molecular formula is C30H41Cl2NO4. The predicted molar refractivity (Wildman–Crippen MR) is 151 cm³/mol. The highest BCUT2D eigenvalue weighted by atomic mass is 35.5. The topological polar surface area (TPSA) is 59.0 Å². The van der Waals surface area contributed by atoms with Gasteiger partial charge in [-0.15, -0.1) is 0 Å². The summed E-state index contributed by atoms with van der Waals surface area (Å²) in [4.78, 5) is 14.3. The zero-order valence-corrected chi connectivity index (χ0v) is 23.9. The third-order valence-electron chi connectivity index (χ3n) is 7.15. The van der Waals surface area contributed by atoms with Gasteiger partial charge in [-0.2, -0.15) is 0 Å². The first-order chi connectivity index (χ1) is 17.9. The first-order valence-electron chi connectivity index (χ1n) is 13.6. The van der Waals surface area contributed by atoms with Gasteiger partial charge in [0.1, 0.15) is 0 Å². The molecule has 3 rings (SSSR count). The maximum absolute atomic E-state index is 11.9. The number of rotatable bonds is 14. The van der Waals surface area contributed by atoms with E-state index < -0.39 is 6.10 Å². The molecule has 1 saturated heterocycles. The number of carbonyl (C=O) groups is 1. The van der Waals surface area contributed by atoms with Crippen molar-refractivity contribution in [3.05, 3.63) is 68.7 Å². The van der Waals surface area contributed by atoms with Gasteiger partial charge >= 0.3 is 5.97 Å². The summed E-state index contributed by atoms with van der Waals surface area (Å²) in [5.74, 6) is -0.234. The van der Waals surface area contributed by atoms with Gasteiger partial charge in [0.05, 0.1) is 25.4 Å². The van der Waals surface area contributed by atoms with E-state index in [1.165, 1.54) is 11.1 Å². The lowest BCUT2D eigenvalue weighted by molar-refractivity contribution is -0.143. The molecule has 7 heteroatoms. The summed E-state index contributed by atoms with van der Waals surface area (Å²) in [6.45, 7) is 8.16. The standard InChI is InChI=1S/C30H41Cl2NO4/c1-4-22-17-21(12-14-27(22)31)18-23-9-8-16-33(23)19-24(34)20-37-29(5-2)26-10-7-11-28(32)25(26)13-15-30(35)36-6-3/h7,10-12,14,17,23-24,29,34H,4-6,8-9,13,15-16,18-20H2,1-3H3/t23-,24+,29+/m0/s1. The number of nitrogens with zero attached hydrogens (tertiary/aromatic N) is 1. The van der Waals surface area contributed by atoms with Crippen molar-refractivity contribution >= 4 is 29.2 Å². The maximum Gasteiger partial charge on any atom is 0.306 e. The summed E-state index contributed by atoms with van der Waals surface area (Å²) in [6, 6.07) is 12.5. The number of aryl methyl sites for hydroxylation is 1. The molecule has 1 N–H and O–H groups in total. The maximum atomic E-state index is 11.9. The third kappa shape index (κ3) is 8.69. The van der Waals surface area contributed by atoms with Gasteiger partial charge < -0.3 is 14.6 Å².